The predicted octanol–water partition coefficient (Wildman–Crippen LogP) is 3.32. The maximum Gasteiger partial charge on any atom is 0.353 e. The molecule has 0 radical (unpaired) electrons. The van der Waals surface area contributed by atoms with Crippen molar-refractivity contribution in [1.82, 2.24) is 10.2 Å². The Hall–Kier alpha value is -3.68. The fourth-order valence-corrected chi connectivity index (χ4v) is 4.18. The third-order valence-electron chi connectivity index (χ3n) is 5.58. The highest BCUT2D eigenvalue weighted by molar-refractivity contribution is 5.89. The van der Waals surface area contributed by atoms with Crippen LogP contribution in [0.5, 0.6) is 17.2 Å². The number of aromatic nitrogens is 2. The number of nitrogens with one attached hydrogen (secondary N) is 2. The van der Waals surface area contributed by atoms with E-state index in [-0.39, 0.29) is 12.5 Å². The summed E-state index contributed by atoms with van der Waals surface area (Å²) in [5, 5.41) is 21.0. The molecule has 8 nitrogen and oxygen atoms in total. The van der Waals surface area contributed by atoms with Gasteiger partial charge in [0, 0.05) is 17.5 Å². The molecule has 2 aliphatic rings. The highest BCUT2D eigenvalue weighted by Crippen LogP contribution is 2.55. The lowest BCUT2D eigenvalue weighted by Gasteiger charge is -2.43. The van der Waals surface area contributed by atoms with E-state index >= 15 is 0 Å². The van der Waals surface area contributed by atoms with Crippen LogP contribution in [0.1, 0.15) is 23.6 Å². The molecule has 2 atom stereocenters. The van der Waals surface area contributed by atoms with Crippen molar-refractivity contribution >= 4 is 11.8 Å². The molecule has 3 aromatic rings. The maximum atomic E-state index is 12.6. The number of ether oxygens (including phenoxy) is 3. The van der Waals surface area contributed by atoms with Crippen molar-refractivity contribution in [2.24, 2.45) is 0 Å². The lowest BCUT2D eigenvalue weighted by Crippen LogP contribution is -2.50. The van der Waals surface area contributed by atoms with Gasteiger partial charge in [0.25, 0.3) is 0 Å². The number of aromatic amines is 1. The Bertz CT molecular complexity index is 1110. The molecule has 2 bridgehead atoms. The number of hydrogen-bond acceptors (Lipinski definition) is 6. The zero-order valence-electron chi connectivity index (χ0n) is 15.9. The molecule has 0 spiro atoms. The molecule has 0 saturated carbocycles. The van der Waals surface area contributed by atoms with Crippen molar-refractivity contribution in [3.63, 3.8) is 0 Å². The molecule has 5 rings (SSSR count). The van der Waals surface area contributed by atoms with Crippen molar-refractivity contribution in [3.8, 4) is 28.5 Å². The molecule has 0 aliphatic carbocycles. The second-order valence-corrected chi connectivity index (χ2v) is 7.06. The highest BCUT2D eigenvalue weighted by Gasteiger charge is 2.56. The summed E-state index contributed by atoms with van der Waals surface area (Å²) in [6, 6.07) is 12.6. The number of methoxy groups -OCH3 is 2. The van der Waals surface area contributed by atoms with Gasteiger partial charge in [-0.25, -0.2) is 4.79 Å². The molecular weight excluding hydrogens is 374 g/mol. The SMILES string of the molecule is COc1ccc(-c2[nH]nc3c2C2(C(=O)O)CC(N3)c3cccc(OC)c3O2)cc1. The number of carboxylic acids is 1. The zero-order chi connectivity index (χ0) is 20.2. The number of nitrogens with zero attached hydrogens (tertiary/aromatic N) is 1. The summed E-state index contributed by atoms with van der Waals surface area (Å²) >= 11 is 0. The zero-order valence-corrected chi connectivity index (χ0v) is 15.9. The van der Waals surface area contributed by atoms with Gasteiger partial charge in [-0.1, -0.05) is 12.1 Å². The van der Waals surface area contributed by atoms with E-state index in [9.17, 15) is 9.90 Å². The number of aliphatic carboxylic acids is 1. The molecule has 148 valence electrons. The summed E-state index contributed by atoms with van der Waals surface area (Å²) in [5.41, 5.74) is 1.11. The first-order valence-electron chi connectivity index (χ1n) is 9.16. The van der Waals surface area contributed by atoms with Gasteiger partial charge in [0.15, 0.2) is 17.3 Å². The van der Waals surface area contributed by atoms with E-state index < -0.39 is 11.6 Å². The van der Waals surface area contributed by atoms with Crippen LogP contribution in [0.25, 0.3) is 11.3 Å². The number of fused-ring (bicyclic) bond motifs is 6. The minimum absolute atomic E-state index is 0.234. The van der Waals surface area contributed by atoms with Crippen LogP contribution in [0.2, 0.25) is 0 Å². The van der Waals surface area contributed by atoms with E-state index in [1.54, 1.807) is 13.2 Å². The second-order valence-electron chi connectivity index (χ2n) is 7.06. The quantitative estimate of drug-likeness (QED) is 0.624. The molecule has 29 heavy (non-hydrogen) atoms. The molecule has 0 fully saturated rings. The summed E-state index contributed by atoms with van der Waals surface area (Å²) in [7, 11) is 3.13. The number of hydrogen-bond donors (Lipinski definition) is 3. The van der Waals surface area contributed by atoms with E-state index in [4.69, 9.17) is 14.2 Å². The molecule has 1 aromatic heterocycles. The number of benzene rings is 2. The predicted molar refractivity (Wildman–Crippen MR) is 104 cm³/mol. The summed E-state index contributed by atoms with van der Waals surface area (Å²) in [6.07, 6.45) is 0.234. The van der Waals surface area contributed by atoms with Gasteiger partial charge in [0.1, 0.15) is 5.75 Å². The minimum atomic E-state index is -1.59. The number of para-hydroxylation sites is 1. The number of carboxylic acid groups (broad SMARTS) is 1. The molecule has 0 saturated heterocycles. The Kier molecular flexibility index (Phi) is 3.70. The van der Waals surface area contributed by atoms with Crippen LogP contribution in [0, 0.1) is 0 Å². The van der Waals surface area contributed by atoms with Gasteiger partial charge in [-0.05, 0) is 30.3 Å². The van der Waals surface area contributed by atoms with Gasteiger partial charge in [-0.2, -0.15) is 5.10 Å². The number of rotatable bonds is 4. The van der Waals surface area contributed by atoms with Crippen LogP contribution >= 0.6 is 0 Å². The maximum absolute atomic E-state index is 12.6. The van der Waals surface area contributed by atoms with E-state index in [2.05, 4.69) is 15.5 Å². The monoisotopic (exact) mass is 393 g/mol. The third-order valence-corrected chi connectivity index (χ3v) is 5.58. The van der Waals surface area contributed by atoms with Crippen molar-refractivity contribution < 1.29 is 24.1 Å². The number of H-pyrrole nitrogens is 1. The van der Waals surface area contributed by atoms with Gasteiger partial charge in [-0.15, -0.1) is 0 Å². The number of carbonyl (C=O) groups is 1. The molecule has 2 aromatic carbocycles. The van der Waals surface area contributed by atoms with Gasteiger partial charge < -0.3 is 24.6 Å². The topological polar surface area (TPSA) is 106 Å². The fourth-order valence-electron chi connectivity index (χ4n) is 4.18. The third kappa shape index (κ3) is 2.38. The van der Waals surface area contributed by atoms with Crippen LogP contribution in [0.3, 0.4) is 0 Å². The van der Waals surface area contributed by atoms with E-state index in [0.717, 1.165) is 11.1 Å². The lowest BCUT2D eigenvalue weighted by atomic mass is 9.78. The van der Waals surface area contributed by atoms with E-state index in [0.29, 0.717) is 34.3 Å². The molecule has 2 unspecified atom stereocenters. The first kappa shape index (κ1) is 17.4. The van der Waals surface area contributed by atoms with Crippen LogP contribution in [-0.4, -0.2) is 35.5 Å². The number of anilines is 1. The summed E-state index contributed by atoms with van der Waals surface area (Å²) < 4.78 is 16.9. The molecule has 3 N–H and O–H groups in total. The summed E-state index contributed by atoms with van der Waals surface area (Å²) in [4.78, 5) is 12.6. The van der Waals surface area contributed by atoms with Crippen LogP contribution in [0.15, 0.2) is 42.5 Å². The van der Waals surface area contributed by atoms with Crippen LogP contribution in [-0.2, 0) is 10.4 Å². The first-order chi connectivity index (χ1) is 14.1. The Balaban J connectivity index is 1.70. The van der Waals surface area contributed by atoms with Gasteiger partial charge in [0.05, 0.1) is 31.5 Å². The van der Waals surface area contributed by atoms with Crippen molar-refractivity contribution in [1.29, 1.82) is 0 Å². The average Bonchev–Trinajstić information content (AvgIpc) is 3.18. The highest BCUT2D eigenvalue weighted by atomic mass is 16.6. The first-order valence-corrected chi connectivity index (χ1v) is 9.16. The van der Waals surface area contributed by atoms with Crippen molar-refractivity contribution in [2.45, 2.75) is 18.1 Å². The lowest BCUT2D eigenvalue weighted by molar-refractivity contribution is -0.159. The van der Waals surface area contributed by atoms with Crippen LogP contribution < -0.4 is 19.5 Å². The average molecular weight is 393 g/mol. The van der Waals surface area contributed by atoms with Crippen molar-refractivity contribution in [3.05, 3.63) is 53.6 Å². The largest absolute Gasteiger partial charge is 0.497 e. The fraction of sp³-hybridized carbons (Fsp3) is 0.238. The molecule has 8 heteroatoms. The molecule has 3 heterocycles. The normalized spacial score (nSPS) is 21.2. The summed E-state index contributed by atoms with van der Waals surface area (Å²) in [5.74, 6) is 1.05. The van der Waals surface area contributed by atoms with Crippen LogP contribution in [0.4, 0.5) is 5.82 Å². The van der Waals surface area contributed by atoms with E-state index in [1.165, 1.54) is 7.11 Å². The Morgan fingerprint density at radius 1 is 1.21 bits per heavy atom. The molecule has 0 amide bonds. The molecular formula is C21H19N3O5. The minimum Gasteiger partial charge on any atom is -0.497 e. The molecule has 2 aliphatic heterocycles. The second kappa shape index (κ2) is 6.16. The van der Waals surface area contributed by atoms with Gasteiger partial charge in [-0.3, -0.25) is 5.10 Å². The Morgan fingerprint density at radius 3 is 2.69 bits per heavy atom. The smallest absolute Gasteiger partial charge is 0.353 e. The standard InChI is InChI=1S/C21H19N3O5/c1-27-12-8-6-11(7-9-12)17-16-19(24-23-17)22-14-10-21(16,20(25)26)29-18-13(14)4-3-5-15(18)28-2/h3-9,14H,10H2,1-2H3,(H,25,26)(H2,22,23,24). The van der Waals surface area contributed by atoms with Crippen molar-refractivity contribution in [2.75, 3.05) is 19.5 Å². The Labute approximate surface area is 166 Å². The summed E-state index contributed by atoms with van der Waals surface area (Å²) in [6.45, 7) is 0. The van der Waals surface area contributed by atoms with Gasteiger partial charge >= 0.3 is 5.97 Å². The van der Waals surface area contributed by atoms with Gasteiger partial charge in [0.2, 0.25) is 5.60 Å². The Morgan fingerprint density at radius 2 is 2.00 bits per heavy atom. The van der Waals surface area contributed by atoms with E-state index in [1.807, 2.05) is 36.4 Å².